The lowest BCUT2D eigenvalue weighted by Gasteiger charge is -2.11. The number of hydrogen-bond donors (Lipinski definition) is 2. The number of nitrogens with one attached hydrogen (secondary N) is 2. The summed E-state index contributed by atoms with van der Waals surface area (Å²) in [5, 5.41) is 6.23. The van der Waals surface area contributed by atoms with Crippen molar-refractivity contribution in [1.29, 1.82) is 0 Å². The lowest BCUT2D eigenvalue weighted by molar-refractivity contribution is 0.0999. The molecule has 0 aliphatic rings. The van der Waals surface area contributed by atoms with Gasteiger partial charge in [-0.05, 0) is 36.4 Å². The largest absolute Gasteiger partial charge is 0.493 e. The lowest BCUT2D eigenvalue weighted by Crippen LogP contribution is -2.17. The predicted molar refractivity (Wildman–Crippen MR) is 118 cm³/mol. The number of carbonyl (C=O) groups excluding carboxylic acids is 2. The molecule has 1 aromatic heterocycles. The first-order valence-electron chi connectivity index (χ1n) is 9.52. The molecular formula is C24H20N2O5. The van der Waals surface area contributed by atoms with E-state index >= 15 is 0 Å². The van der Waals surface area contributed by atoms with Crippen molar-refractivity contribution in [3.8, 4) is 11.5 Å². The van der Waals surface area contributed by atoms with Crippen LogP contribution in [0.1, 0.15) is 20.9 Å². The monoisotopic (exact) mass is 416 g/mol. The Morgan fingerprint density at radius 2 is 1.48 bits per heavy atom. The lowest BCUT2D eigenvalue weighted by atomic mass is 10.1. The summed E-state index contributed by atoms with van der Waals surface area (Å²) in [5.41, 5.74) is 1.76. The van der Waals surface area contributed by atoms with Gasteiger partial charge in [-0.1, -0.05) is 30.3 Å². The molecule has 0 unspecified atom stereocenters. The fraction of sp³-hybridized carbons (Fsp3) is 0.0833. The molecule has 0 saturated carbocycles. The standard InChI is InChI=1S/C24H20N2O5/c1-29-19-13-12-16(14-20(19)30-2)25-24(28)22-21(17-10-6-7-11-18(17)31-22)26-23(27)15-8-4-3-5-9-15/h3-14H,1-2H3,(H,25,28)(H,26,27). The van der Waals surface area contributed by atoms with E-state index in [1.54, 1.807) is 60.7 Å². The Hall–Kier alpha value is -4.26. The Morgan fingerprint density at radius 3 is 2.23 bits per heavy atom. The minimum absolute atomic E-state index is 0.000246. The highest BCUT2D eigenvalue weighted by atomic mass is 16.5. The molecule has 31 heavy (non-hydrogen) atoms. The third kappa shape index (κ3) is 4.06. The average Bonchev–Trinajstić information content (AvgIpc) is 3.18. The smallest absolute Gasteiger partial charge is 0.293 e. The topological polar surface area (TPSA) is 89.8 Å². The van der Waals surface area contributed by atoms with Crippen LogP contribution in [0.5, 0.6) is 11.5 Å². The Kier molecular flexibility index (Phi) is 5.57. The second-order valence-electron chi connectivity index (χ2n) is 6.65. The van der Waals surface area contributed by atoms with Gasteiger partial charge in [-0.15, -0.1) is 0 Å². The van der Waals surface area contributed by atoms with Crippen molar-refractivity contribution in [2.45, 2.75) is 0 Å². The fourth-order valence-electron chi connectivity index (χ4n) is 3.21. The highest BCUT2D eigenvalue weighted by Crippen LogP contribution is 2.33. The molecule has 4 aromatic rings. The molecule has 0 atom stereocenters. The molecule has 0 aliphatic carbocycles. The van der Waals surface area contributed by atoms with Crippen molar-refractivity contribution in [2.75, 3.05) is 24.9 Å². The van der Waals surface area contributed by atoms with Gasteiger partial charge in [-0.2, -0.15) is 0 Å². The highest BCUT2D eigenvalue weighted by molar-refractivity contribution is 6.16. The van der Waals surface area contributed by atoms with Gasteiger partial charge in [0, 0.05) is 22.7 Å². The SMILES string of the molecule is COc1ccc(NC(=O)c2oc3ccccc3c2NC(=O)c2ccccc2)cc1OC. The van der Waals surface area contributed by atoms with E-state index in [0.29, 0.717) is 39.4 Å². The van der Waals surface area contributed by atoms with Crippen LogP contribution in [0, 0.1) is 0 Å². The summed E-state index contributed by atoms with van der Waals surface area (Å²) in [6.07, 6.45) is 0. The van der Waals surface area contributed by atoms with Crippen LogP contribution in [0.4, 0.5) is 11.4 Å². The van der Waals surface area contributed by atoms with Gasteiger partial charge in [-0.3, -0.25) is 9.59 Å². The van der Waals surface area contributed by atoms with Crippen LogP contribution in [-0.2, 0) is 0 Å². The highest BCUT2D eigenvalue weighted by Gasteiger charge is 2.23. The number of amides is 2. The summed E-state index contributed by atoms with van der Waals surface area (Å²) in [6.45, 7) is 0. The second-order valence-corrected chi connectivity index (χ2v) is 6.65. The quantitative estimate of drug-likeness (QED) is 0.464. The molecule has 1 heterocycles. The second kappa shape index (κ2) is 8.62. The van der Waals surface area contributed by atoms with Crippen molar-refractivity contribution < 1.29 is 23.5 Å². The molecule has 3 aromatic carbocycles. The van der Waals surface area contributed by atoms with Gasteiger partial charge in [0.1, 0.15) is 11.3 Å². The zero-order chi connectivity index (χ0) is 21.8. The normalized spacial score (nSPS) is 10.5. The van der Waals surface area contributed by atoms with Gasteiger partial charge in [0.25, 0.3) is 11.8 Å². The van der Waals surface area contributed by atoms with Crippen LogP contribution in [0.2, 0.25) is 0 Å². The number of rotatable bonds is 6. The Labute approximate surface area is 178 Å². The number of benzene rings is 3. The number of methoxy groups -OCH3 is 2. The number of para-hydroxylation sites is 1. The summed E-state index contributed by atoms with van der Waals surface area (Å²) < 4.78 is 16.3. The Morgan fingerprint density at radius 1 is 0.774 bits per heavy atom. The molecule has 7 heteroatoms. The van der Waals surface area contributed by atoms with Gasteiger partial charge in [0.2, 0.25) is 5.76 Å². The minimum atomic E-state index is -0.508. The zero-order valence-corrected chi connectivity index (χ0v) is 17.0. The molecule has 0 radical (unpaired) electrons. The fourth-order valence-corrected chi connectivity index (χ4v) is 3.21. The van der Waals surface area contributed by atoms with Gasteiger partial charge in [-0.25, -0.2) is 0 Å². The number of fused-ring (bicyclic) bond motifs is 1. The maximum Gasteiger partial charge on any atom is 0.293 e. The van der Waals surface area contributed by atoms with Crippen molar-refractivity contribution >= 4 is 34.2 Å². The summed E-state index contributed by atoms with van der Waals surface area (Å²) >= 11 is 0. The van der Waals surface area contributed by atoms with Crippen LogP contribution in [0.3, 0.4) is 0 Å². The molecule has 0 bridgehead atoms. The molecule has 156 valence electrons. The van der Waals surface area contributed by atoms with Crippen LogP contribution in [0.25, 0.3) is 11.0 Å². The van der Waals surface area contributed by atoms with E-state index in [1.165, 1.54) is 14.2 Å². The Balaban J connectivity index is 1.68. The van der Waals surface area contributed by atoms with Crippen molar-refractivity contribution in [2.24, 2.45) is 0 Å². The van der Waals surface area contributed by atoms with Gasteiger partial charge in [0.05, 0.1) is 14.2 Å². The first-order valence-corrected chi connectivity index (χ1v) is 9.52. The predicted octanol–water partition coefficient (Wildman–Crippen LogP) is 4.95. The van der Waals surface area contributed by atoms with Crippen LogP contribution >= 0.6 is 0 Å². The number of furan rings is 1. The van der Waals surface area contributed by atoms with Crippen LogP contribution in [0.15, 0.2) is 77.2 Å². The molecule has 0 spiro atoms. The number of carbonyl (C=O) groups is 2. The van der Waals surface area contributed by atoms with Crippen molar-refractivity contribution in [3.63, 3.8) is 0 Å². The molecule has 4 rings (SSSR count). The molecular weight excluding hydrogens is 396 g/mol. The van der Waals surface area contributed by atoms with E-state index in [2.05, 4.69) is 10.6 Å². The average molecular weight is 416 g/mol. The molecule has 0 aliphatic heterocycles. The summed E-state index contributed by atoms with van der Waals surface area (Å²) in [4.78, 5) is 25.8. The number of ether oxygens (including phenoxy) is 2. The van der Waals surface area contributed by atoms with E-state index in [9.17, 15) is 9.59 Å². The molecule has 7 nitrogen and oxygen atoms in total. The zero-order valence-electron chi connectivity index (χ0n) is 17.0. The Bertz CT molecular complexity index is 1250. The molecule has 0 saturated heterocycles. The van der Waals surface area contributed by atoms with Gasteiger partial charge < -0.3 is 24.5 Å². The first-order chi connectivity index (χ1) is 15.1. The summed E-state index contributed by atoms with van der Waals surface area (Å²) in [7, 11) is 3.05. The maximum atomic E-state index is 13.0. The minimum Gasteiger partial charge on any atom is -0.493 e. The third-order valence-electron chi connectivity index (χ3n) is 4.72. The van der Waals surface area contributed by atoms with E-state index < -0.39 is 5.91 Å². The third-order valence-corrected chi connectivity index (χ3v) is 4.72. The maximum absolute atomic E-state index is 13.0. The first kappa shape index (κ1) is 20.0. The van der Waals surface area contributed by atoms with E-state index in [4.69, 9.17) is 13.9 Å². The van der Waals surface area contributed by atoms with E-state index in [0.717, 1.165) is 0 Å². The molecule has 0 fully saturated rings. The van der Waals surface area contributed by atoms with Crippen molar-refractivity contribution in [1.82, 2.24) is 0 Å². The van der Waals surface area contributed by atoms with E-state index in [1.807, 2.05) is 12.1 Å². The summed E-state index contributed by atoms with van der Waals surface area (Å²) in [6, 6.07) is 20.9. The van der Waals surface area contributed by atoms with Crippen LogP contribution in [-0.4, -0.2) is 26.0 Å². The van der Waals surface area contributed by atoms with Crippen LogP contribution < -0.4 is 20.1 Å². The van der Waals surface area contributed by atoms with Gasteiger partial charge in [0.15, 0.2) is 11.5 Å². The summed E-state index contributed by atoms with van der Waals surface area (Å²) in [5.74, 6) is 0.168. The van der Waals surface area contributed by atoms with E-state index in [-0.39, 0.29) is 11.7 Å². The van der Waals surface area contributed by atoms with Crippen molar-refractivity contribution in [3.05, 3.63) is 84.1 Å². The molecule has 2 amide bonds. The molecule has 2 N–H and O–H groups in total. The van der Waals surface area contributed by atoms with Gasteiger partial charge >= 0.3 is 0 Å². The number of anilines is 2. The number of hydrogen-bond acceptors (Lipinski definition) is 5.